The minimum Gasteiger partial charge on any atom is -0.494 e. The number of halogens is 1. The number of anilines is 1. The third kappa shape index (κ3) is 3.55. The number of amides is 1. The Morgan fingerprint density at radius 3 is 2.57 bits per heavy atom. The van der Waals surface area contributed by atoms with E-state index in [2.05, 4.69) is 10.4 Å². The topological polar surface area (TPSA) is 73.2 Å². The van der Waals surface area contributed by atoms with Gasteiger partial charge in [0.1, 0.15) is 17.4 Å². The first kappa shape index (κ1) is 18.4. The molecule has 0 bridgehead atoms. The number of carbonyl (C=O) groups excluding carboxylic acids is 1. The van der Waals surface area contributed by atoms with Crippen LogP contribution in [0.25, 0.3) is 5.69 Å². The maximum Gasteiger partial charge on any atom is 0.256 e. The molecule has 0 saturated heterocycles. The number of benzene rings is 2. The van der Waals surface area contributed by atoms with E-state index in [1.54, 1.807) is 41.1 Å². The molecule has 6 nitrogen and oxygen atoms in total. The van der Waals surface area contributed by atoms with Crippen LogP contribution in [0.1, 0.15) is 28.5 Å². The molecule has 2 heterocycles. The molecule has 8 heteroatoms. The Morgan fingerprint density at radius 1 is 1.18 bits per heavy atom. The molecule has 0 fully saturated rings. The average Bonchev–Trinajstić information content (AvgIpc) is 3.20. The van der Waals surface area contributed by atoms with Crippen LogP contribution in [0.3, 0.4) is 0 Å². The molecule has 144 valence electrons. The van der Waals surface area contributed by atoms with Gasteiger partial charge in [-0.25, -0.2) is 9.07 Å². The Bertz CT molecular complexity index is 1050. The van der Waals surface area contributed by atoms with Crippen LogP contribution in [0.2, 0.25) is 0 Å². The summed E-state index contributed by atoms with van der Waals surface area (Å²) in [5.41, 5.74) is 2.51. The number of ether oxygens (including phenoxy) is 1. The molecule has 28 heavy (non-hydrogen) atoms. The van der Waals surface area contributed by atoms with Gasteiger partial charge in [0.05, 0.1) is 29.5 Å². The summed E-state index contributed by atoms with van der Waals surface area (Å²) >= 11 is 0. The highest BCUT2D eigenvalue weighted by atomic mass is 32.2. The van der Waals surface area contributed by atoms with E-state index >= 15 is 0 Å². The van der Waals surface area contributed by atoms with Gasteiger partial charge >= 0.3 is 0 Å². The van der Waals surface area contributed by atoms with Crippen molar-refractivity contribution in [3.63, 3.8) is 0 Å². The van der Waals surface area contributed by atoms with Crippen molar-refractivity contribution in [1.82, 2.24) is 9.78 Å². The summed E-state index contributed by atoms with van der Waals surface area (Å²) in [6.07, 6.45) is 0. The molecule has 1 atom stereocenters. The fourth-order valence-corrected chi connectivity index (χ4v) is 4.34. The van der Waals surface area contributed by atoms with Gasteiger partial charge in [0.25, 0.3) is 5.91 Å². The van der Waals surface area contributed by atoms with Gasteiger partial charge < -0.3 is 10.1 Å². The zero-order valence-corrected chi connectivity index (χ0v) is 16.0. The number of nitrogens with zero attached hydrogens (tertiary/aromatic N) is 2. The van der Waals surface area contributed by atoms with Crippen LogP contribution in [-0.2, 0) is 22.3 Å². The van der Waals surface area contributed by atoms with Gasteiger partial charge in [0.2, 0.25) is 0 Å². The van der Waals surface area contributed by atoms with Crippen molar-refractivity contribution in [2.75, 3.05) is 11.9 Å². The Kier molecular flexibility index (Phi) is 4.95. The number of hydrogen-bond acceptors (Lipinski definition) is 4. The van der Waals surface area contributed by atoms with Gasteiger partial charge in [0.15, 0.2) is 0 Å². The molecule has 0 radical (unpaired) electrons. The Labute approximate surface area is 163 Å². The van der Waals surface area contributed by atoms with Crippen molar-refractivity contribution < 1.29 is 18.1 Å². The lowest BCUT2D eigenvalue weighted by Gasteiger charge is -2.11. The number of aromatic nitrogens is 2. The molecule has 4 rings (SSSR count). The normalized spacial score (nSPS) is 15.3. The first-order valence-corrected chi connectivity index (χ1v) is 10.3. The molecule has 1 aliphatic rings. The fourth-order valence-electron chi connectivity index (χ4n) is 3.07. The summed E-state index contributed by atoms with van der Waals surface area (Å²) < 4.78 is 32.2. The molecule has 1 amide bonds. The van der Waals surface area contributed by atoms with E-state index < -0.39 is 10.8 Å². The predicted molar refractivity (Wildman–Crippen MR) is 105 cm³/mol. The van der Waals surface area contributed by atoms with Gasteiger partial charge in [0, 0.05) is 21.9 Å². The Morgan fingerprint density at radius 2 is 1.89 bits per heavy atom. The van der Waals surface area contributed by atoms with Crippen molar-refractivity contribution in [3.8, 4) is 11.4 Å². The van der Waals surface area contributed by atoms with Gasteiger partial charge in [-0.2, -0.15) is 5.10 Å². The average molecular weight is 399 g/mol. The molecule has 3 aromatic rings. The molecule has 0 saturated carbocycles. The molecule has 0 spiro atoms. The highest BCUT2D eigenvalue weighted by molar-refractivity contribution is 7.83. The fraction of sp³-hybridized carbons (Fsp3) is 0.200. The molecular weight excluding hydrogens is 381 g/mol. The van der Waals surface area contributed by atoms with Crippen LogP contribution in [-0.4, -0.2) is 26.5 Å². The van der Waals surface area contributed by atoms with Gasteiger partial charge in [-0.1, -0.05) is 0 Å². The van der Waals surface area contributed by atoms with Crippen LogP contribution in [0.4, 0.5) is 10.2 Å². The number of carbonyl (C=O) groups is 1. The molecule has 0 aliphatic carbocycles. The highest BCUT2D eigenvalue weighted by Gasteiger charge is 2.28. The standard InChI is InChI=1S/C20H18FN3O3S/c1-2-27-16-9-3-13(4-10-16)20(25)22-19-17-11-28(26)12-18(17)23-24(19)15-7-5-14(21)6-8-15/h3-10H,2,11-12H2,1H3,(H,22,25)/t28-/m0/s1. The van der Waals surface area contributed by atoms with E-state index in [1.807, 2.05) is 6.92 Å². The van der Waals surface area contributed by atoms with Crippen LogP contribution in [0.5, 0.6) is 5.75 Å². The number of nitrogens with one attached hydrogen (secondary N) is 1. The predicted octanol–water partition coefficient (Wildman–Crippen LogP) is 3.42. The minimum absolute atomic E-state index is 0.313. The first-order valence-electron chi connectivity index (χ1n) is 8.81. The highest BCUT2D eigenvalue weighted by Crippen LogP contribution is 2.31. The molecule has 2 aromatic carbocycles. The molecule has 1 aromatic heterocycles. The van der Waals surface area contributed by atoms with Crippen molar-refractivity contribution in [2.45, 2.75) is 18.4 Å². The summed E-state index contributed by atoms with van der Waals surface area (Å²) in [6, 6.07) is 12.7. The van der Waals surface area contributed by atoms with Crippen LogP contribution < -0.4 is 10.1 Å². The zero-order valence-electron chi connectivity index (χ0n) is 15.1. The van der Waals surface area contributed by atoms with Crippen molar-refractivity contribution in [1.29, 1.82) is 0 Å². The van der Waals surface area contributed by atoms with Crippen molar-refractivity contribution >= 4 is 22.5 Å². The SMILES string of the molecule is CCOc1ccc(C(=O)Nc2c3c(nn2-c2ccc(F)cc2)C[S@@](=O)C3)cc1. The number of hydrogen-bond donors (Lipinski definition) is 1. The second-order valence-corrected chi connectivity index (χ2v) is 7.76. The smallest absolute Gasteiger partial charge is 0.256 e. The number of rotatable bonds is 5. The van der Waals surface area contributed by atoms with E-state index in [0.717, 1.165) is 5.56 Å². The van der Waals surface area contributed by atoms with E-state index in [0.29, 0.717) is 46.6 Å². The van der Waals surface area contributed by atoms with Crippen LogP contribution >= 0.6 is 0 Å². The second-order valence-electron chi connectivity index (χ2n) is 6.30. The number of fused-ring (bicyclic) bond motifs is 1. The van der Waals surface area contributed by atoms with Crippen LogP contribution in [0, 0.1) is 5.82 Å². The molecule has 1 N–H and O–H groups in total. The van der Waals surface area contributed by atoms with Crippen molar-refractivity contribution in [3.05, 3.63) is 71.2 Å². The second kappa shape index (κ2) is 7.55. The lowest BCUT2D eigenvalue weighted by atomic mass is 10.2. The first-order chi connectivity index (χ1) is 13.5. The van der Waals surface area contributed by atoms with Gasteiger partial charge in [-0.05, 0) is 55.5 Å². The summed E-state index contributed by atoms with van der Waals surface area (Å²) in [6.45, 7) is 2.44. The Hall–Kier alpha value is -3.00. The molecule has 0 unspecified atom stereocenters. The molecular formula is C20H18FN3O3S. The van der Waals surface area contributed by atoms with E-state index in [1.165, 1.54) is 12.1 Å². The summed E-state index contributed by atoms with van der Waals surface area (Å²) in [5, 5.41) is 7.38. The summed E-state index contributed by atoms with van der Waals surface area (Å²) in [5.74, 6) is 1.15. The quantitative estimate of drug-likeness (QED) is 0.714. The van der Waals surface area contributed by atoms with E-state index in [4.69, 9.17) is 4.74 Å². The minimum atomic E-state index is -1.04. The van der Waals surface area contributed by atoms with E-state index in [9.17, 15) is 13.4 Å². The summed E-state index contributed by atoms with van der Waals surface area (Å²) in [4.78, 5) is 12.8. The zero-order chi connectivity index (χ0) is 19.7. The van der Waals surface area contributed by atoms with Gasteiger partial charge in [-0.15, -0.1) is 0 Å². The third-order valence-electron chi connectivity index (χ3n) is 4.40. The maximum absolute atomic E-state index is 13.3. The lowest BCUT2D eigenvalue weighted by molar-refractivity contribution is 0.102. The Balaban J connectivity index is 1.67. The van der Waals surface area contributed by atoms with Crippen LogP contribution in [0.15, 0.2) is 48.5 Å². The van der Waals surface area contributed by atoms with Crippen molar-refractivity contribution in [2.24, 2.45) is 0 Å². The maximum atomic E-state index is 13.3. The summed E-state index contributed by atoms with van der Waals surface area (Å²) in [7, 11) is -1.04. The van der Waals surface area contributed by atoms with E-state index in [-0.39, 0.29) is 11.7 Å². The lowest BCUT2D eigenvalue weighted by Crippen LogP contribution is -2.16. The largest absolute Gasteiger partial charge is 0.494 e. The molecule has 1 aliphatic heterocycles. The monoisotopic (exact) mass is 399 g/mol. The third-order valence-corrected chi connectivity index (χ3v) is 5.61. The van der Waals surface area contributed by atoms with Gasteiger partial charge in [-0.3, -0.25) is 9.00 Å².